The molecule has 3 nitrogen and oxygen atoms in total. The van der Waals surface area contributed by atoms with Gasteiger partial charge in [-0.2, -0.15) is 0 Å². The minimum Gasteiger partial charge on any atom is -0.508 e. The Labute approximate surface area is 77.9 Å². The van der Waals surface area contributed by atoms with E-state index in [9.17, 15) is 0 Å². The summed E-state index contributed by atoms with van der Waals surface area (Å²) >= 11 is 0. The maximum Gasteiger partial charge on any atom is 0.115 e. The van der Waals surface area contributed by atoms with Crippen LogP contribution in [0, 0.1) is 0 Å². The Balaban J connectivity index is 0.000000132. The van der Waals surface area contributed by atoms with Crippen LogP contribution in [0.4, 0.5) is 0 Å². The van der Waals surface area contributed by atoms with Crippen LogP contribution in [0.1, 0.15) is 0 Å². The van der Waals surface area contributed by atoms with Gasteiger partial charge in [0.05, 0.1) is 26.4 Å². The van der Waals surface area contributed by atoms with Crippen molar-refractivity contribution in [2.24, 2.45) is 0 Å². The summed E-state index contributed by atoms with van der Waals surface area (Å²) in [6.07, 6.45) is 0. The Bertz CT molecular complexity index is 195. The number of hydrogen-bond donors (Lipinski definition) is 1. The zero-order chi connectivity index (χ0) is 9.36. The van der Waals surface area contributed by atoms with Gasteiger partial charge in [0.15, 0.2) is 0 Å². The lowest BCUT2D eigenvalue weighted by Crippen LogP contribution is -2.16. The molecular formula is C10H14O3. The Morgan fingerprint density at radius 3 is 1.54 bits per heavy atom. The molecule has 0 atom stereocenters. The van der Waals surface area contributed by atoms with E-state index < -0.39 is 0 Å². The first kappa shape index (κ1) is 10.0. The van der Waals surface area contributed by atoms with Gasteiger partial charge in [-0.3, -0.25) is 0 Å². The molecule has 13 heavy (non-hydrogen) atoms. The van der Waals surface area contributed by atoms with Crippen LogP contribution in [-0.2, 0) is 9.47 Å². The van der Waals surface area contributed by atoms with Crippen molar-refractivity contribution in [3.63, 3.8) is 0 Å². The molecule has 1 aliphatic rings. The zero-order valence-electron chi connectivity index (χ0n) is 7.48. The summed E-state index contributed by atoms with van der Waals surface area (Å²) in [5.41, 5.74) is 0. The summed E-state index contributed by atoms with van der Waals surface area (Å²) < 4.78 is 9.89. The van der Waals surface area contributed by atoms with Gasteiger partial charge in [-0.1, -0.05) is 18.2 Å². The van der Waals surface area contributed by atoms with Gasteiger partial charge in [0.2, 0.25) is 0 Å². The normalized spacial score (nSPS) is 15.7. The topological polar surface area (TPSA) is 38.7 Å². The van der Waals surface area contributed by atoms with Crippen LogP contribution < -0.4 is 0 Å². The molecule has 1 heterocycles. The maximum absolute atomic E-state index is 8.63. The molecular weight excluding hydrogens is 168 g/mol. The molecule has 0 saturated carbocycles. The minimum absolute atomic E-state index is 0.322. The SMILES string of the molecule is C1COCCO1.Oc1ccccc1. The molecule has 0 aromatic heterocycles. The number of para-hydroxylation sites is 1. The van der Waals surface area contributed by atoms with E-state index in [1.54, 1.807) is 24.3 Å². The summed E-state index contributed by atoms with van der Waals surface area (Å²) in [4.78, 5) is 0. The minimum atomic E-state index is 0.322. The fraction of sp³-hybridized carbons (Fsp3) is 0.400. The number of phenols is 1. The van der Waals surface area contributed by atoms with Crippen LogP contribution in [0.15, 0.2) is 30.3 Å². The molecule has 0 aliphatic carbocycles. The third-order valence-corrected chi connectivity index (χ3v) is 1.50. The second kappa shape index (κ2) is 6.46. The van der Waals surface area contributed by atoms with Crippen molar-refractivity contribution in [3.05, 3.63) is 30.3 Å². The lowest BCUT2D eigenvalue weighted by atomic mass is 10.3. The first-order chi connectivity index (χ1) is 6.39. The molecule has 1 saturated heterocycles. The van der Waals surface area contributed by atoms with E-state index in [2.05, 4.69) is 0 Å². The average molecular weight is 182 g/mol. The average Bonchev–Trinajstić information content (AvgIpc) is 2.22. The predicted molar refractivity (Wildman–Crippen MR) is 49.7 cm³/mol. The van der Waals surface area contributed by atoms with Gasteiger partial charge < -0.3 is 14.6 Å². The van der Waals surface area contributed by atoms with Crippen LogP contribution >= 0.6 is 0 Å². The van der Waals surface area contributed by atoms with Crippen molar-refractivity contribution in [2.45, 2.75) is 0 Å². The van der Waals surface area contributed by atoms with Gasteiger partial charge in [0, 0.05) is 0 Å². The van der Waals surface area contributed by atoms with Gasteiger partial charge in [-0.25, -0.2) is 0 Å². The Morgan fingerprint density at radius 2 is 1.31 bits per heavy atom. The van der Waals surface area contributed by atoms with Crippen molar-refractivity contribution in [2.75, 3.05) is 26.4 Å². The highest BCUT2D eigenvalue weighted by atomic mass is 16.6. The molecule has 1 N–H and O–H groups in total. The molecule has 1 aromatic carbocycles. The lowest BCUT2D eigenvalue weighted by molar-refractivity contribution is -0.0334. The molecule has 72 valence electrons. The van der Waals surface area contributed by atoms with Gasteiger partial charge in [-0.15, -0.1) is 0 Å². The van der Waals surface area contributed by atoms with E-state index >= 15 is 0 Å². The summed E-state index contributed by atoms with van der Waals surface area (Å²) in [6.45, 7) is 3.11. The summed E-state index contributed by atoms with van der Waals surface area (Å²) in [5, 5.41) is 8.63. The highest BCUT2D eigenvalue weighted by molar-refractivity contribution is 5.18. The summed E-state index contributed by atoms with van der Waals surface area (Å²) in [5.74, 6) is 0.322. The van der Waals surface area contributed by atoms with Crippen LogP contribution in [0.3, 0.4) is 0 Å². The molecule has 0 bridgehead atoms. The zero-order valence-corrected chi connectivity index (χ0v) is 7.48. The van der Waals surface area contributed by atoms with Gasteiger partial charge in [0.1, 0.15) is 5.75 Å². The molecule has 0 radical (unpaired) electrons. The lowest BCUT2D eigenvalue weighted by Gasteiger charge is -2.09. The Hall–Kier alpha value is -1.06. The van der Waals surface area contributed by atoms with Gasteiger partial charge in [0.25, 0.3) is 0 Å². The van der Waals surface area contributed by atoms with Crippen LogP contribution in [-0.4, -0.2) is 31.5 Å². The quantitative estimate of drug-likeness (QED) is 0.659. The number of rotatable bonds is 0. The first-order valence-corrected chi connectivity index (χ1v) is 4.29. The van der Waals surface area contributed by atoms with Crippen LogP contribution in [0.25, 0.3) is 0 Å². The number of ether oxygens (including phenoxy) is 2. The number of aromatic hydroxyl groups is 1. The smallest absolute Gasteiger partial charge is 0.115 e. The van der Waals surface area contributed by atoms with Gasteiger partial charge in [-0.05, 0) is 12.1 Å². The van der Waals surface area contributed by atoms with Gasteiger partial charge >= 0.3 is 0 Å². The number of benzene rings is 1. The molecule has 1 aromatic rings. The Morgan fingerprint density at radius 1 is 0.846 bits per heavy atom. The molecule has 0 unspecified atom stereocenters. The monoisotopic (exact) mass is 182 g/mol. The van der Waals surface area contributed by atoms with Crippen LogP contribution in [0.5, 0.6) is 5.75 Å². The molecule has 3 heteroatoms. The molecule has 2 rings (SSSR count). The van der Waals surface area contributed by atoms with Crippen molar-refractivity contribution >= 4 is 0 Å². The van der Waals surface area contributed by atoms with Crippen molar-refractivity contribution in [1.82, 2.24) is 0 Å². The van der Waals surface area contributed by atoms with Crippen molar-refractivity contribution in [1.29, 1.82) is 0 Å². The van der Waals surface area contributed by atoms with Crippen molar-refractivity contribution < 1.29 is 14.6 Å². The first-order valence-electron chi connectivity index (χ1n) is 4.29. The van der Waals surface area contributed by atoms with Crippen molar-refractivity contribution in [3.8, 4) is 5.75 Å². The third-order valence-electron chi connectivity index (χ3n) is 1.50. The fourth-order valence-corrected chi connectivity index (χ4v) is 0.868. The highest BCUT2D eigenvalue weighted by Gasteiger charge is 1.94. The van der Waals surface area contributed by atoms with E-state index in [0.717, 1.165) is 26.4 Å². The third kappa shape index (κ3) is 5.22. The summed E-state index contributed by atoms with van der Waals surface area (Å²) in [6, 6.07) is 8.71. The summed E-state index contributed by atoms with van der Waals surface area (Å²) in [7, 11) is 0. The maximum atomic E-state index is 8.63. The van der Waals surface area contributed by atoms with E-state index in [0.29, 0.717) is 5.75 Å². The number of phenolic OH excluding ortho intramolecular Hbond substituents is 1. The second-order valence-corrected chi connectivity index (χ2v) is 2.56. The fourth-order valence-electron chi connectivity index (χ4n) is 0.868. The van der Waals surface area contributed by atoms with E-state index in [1.165, 1.54) is 0 Å². The van der Waals surface area contributed by atoms with E-state index in [1.807, 2.05) is 6.07 Å². The second-order valence-electron chi connectivity index (χ2n) is 2.56. The molecule has 0 spiro atoms. The highest BCUT2D eigenvalue weighted by Crippen LogP contribution is 2.02. The van der Waals surface area contributed by atoms with Crippen LogP contribution in [0.2, 0.25) is 0 Å². The Kier molecular flexibility index (Phi) is 4.98. The van der Waals surface area contributed by atoms with E-state index in [-0.39, 0.29) is 0 Å². The molecule has 1 aliphatic heterocycles. The number of hydrogen-bond acceptors (Lipinski definition) is 3. The molecule has 0 amide bonds. The largest absolute Gasteiger partial charge is 0.508 e. The predicted octanol–water partition coefficient (Wildman–Crippen LogP) is 1.43. The van der Waals surface area contributed by atoms with E-state index in [4.69, 9.17) is 14.6 Å². The standard InChI is InChI=1S/C6H6O.C4H8O2/c7-6-4-2-1-3-5-6;1-2-6-4-3-5-1/h1-5,7H;1-4H2. The molecule has 1 fully saturated rings.